The minimum Gasteiger partial charge on any atom is -0.349 e. The first-order chi connectivity index (χ1) is 10.0. The van der Waals surface area contributed by atoms with Crippen LogP contribution >= 0.6 is 15.9 Å². The van der Waals surface area contributed by atoms with Gasteiger partial charge in [0.1, 0.15) is 6.20 Å². The Morgan fingerprint density at radius 2 is 2.24 bits per heavy atom. The number of hydrogen-bond donors (Lipinski definition) is 1. The standard InChI is InChI=1S/C11H13BrN6O3/c1-2-16-7-9(18(20)21)10(15-16)11(19)13-3-4-17-6-8(12)5-14-17/h5-7H,2-4H2,1H3,(H,13,19). The van der Waals surface area contributed by atoms with Gasteiger partial charge in [-0.1, -0.05) is 0 Å². The lowest BCUT2D eigenvalue weighted by atomic mass is 10.3. The third-order valence-corrected chi connectivity index (χ3v) is 3.12. The van der Waals surface area contributed by atoms with Crippen LogP contribution in [0.3, 0.4) is 0 Å². The van der Waals surface area contributed by atoms with E-state index in [4.69, 9.17) is 0 Å². The fraction of sp³-hybridized carbons (Fsp3) is 0.364. The molecule has 2 aromatic rings. The summed E-state index contributed by atoms with van der Waals surface area (Å²) in [6.45, 7) is 2.99. The van der Waals surface area contributed by atoms with E-state index in [0.717, 1.165) is 4.47 Å². The fourth-order valence-corrected chi connectivity index (χ4v) is 2.02. The van der Waals surface area contributed by atoms with Crippen LogP contribution in [0.2, 0.25) is 0 Å². The number of carbonyl (C=O) groups excluding carboxylic acids is 1. The summed E-state index contributed by atoms with van der Waals surface area (Å²) in [6, 6.07) is 0. The molecule has 0 unspecified atom stereocenters. The lowest BCUT2D eigenvalue weighted by Crippen LogP contribution is -2.28. The van der Waals surface area contributed by atoms with Crippen molar-refractivity contribution in [2.45, 2.75) is 20.0 Å². The molecule has 10 heteroatoms. The Morgan fingerprint density at radius 3 is 2.81 bits per heavy atom. The van der Waals surface area contributed by atoms with E-state index in [1.807, 2.05) is 0 Å². The molecule has 0 bridgehead atoms. The minimum atomic E-state index is -0.612. The first-order valence-electron chi connectivity index (χ1n) is 6.19. The number of hydrogen-bond acceptors (Lipinski definition) is 5. The van der Waals surface area contributed by atoms with Crippen molar-refractivity contribution in [2.24, 2.45) is 0 Å². The molecule has 0 saturated heterocycles. The summed E-state index contributed by atoms with van der Waals surface area (Å²) in [7, 11) is 0. The quantitative estimate of drug-likeness (QED) is 0.617. The second kappa shape index (κ2) is 6.48. The number of carbonyl (C=O) groups is 1. The van der Waals surface area contributed by atoms with Gasteiger partial charge in [0.2, 0.25) is 5.69 Å². The second-order valence-corrected chi connectivity index (χ2v) is 5.07. The molecule has 0 aliphatic rings. The highest BCUT2D eigenvalue weighted by Gasteiger charge is 2.24. The van der Waals surface area contributed by atoms with Crippen molar-refractivity contribution in [2.75, 3.05) is 6.54 Å². The number of nitro groups is 1. The van der Waals surface area contributed by atoms with Crippen molar-refractivity contribution in [3.63, 3.8) is 0 Å². The highest BCUT2D eigenvalue weighted by Crippen LogP contribution is 2.16. The number of nitrogens with zero attached hydrogens (tertiary/aromatic N) is 5. The van der Waals surface area contributed by atoms with Crippen LogP contribution in [0, 0.1) is 10.1 Å². The summed E-state index contributed by atoms with van der Waals surface area (Å²) in [5.74, 6) is -0.569. The molecule has 0 aliphatic heterocycles. The third-order valence-electron chi connectivity index (χ3n) is 2.71. The maximum Gasteiger partial charge on any atom is 0.320 e. The Morgan fingerprint density at radius 1 is 1.48 bits per heavy atom. The zero-order valence-electron chi connectivity index (χ0n) is 11.2. The maximum absolute atomic E-state index is 12.0. The summed E-state index contributed by atoms with van der Waals surface area (Å²) in [5.41, 5.74) is -0.473. The monoisotopic (exact) mass is 356 g/mol. The number of nitrogens with one attached hydrogen (secondary N) is 1. The smallest absolute Gasteiger partial charge is 0.320 e. The molecule has 0 fully saturated rings. The molecule has 21 heavy (non-hydrogen) atoms. The van der Waals surface area contributed by atoms with Gasteiger partial charge in [-0.15, -0.1) is 0 Å². The number of amides is 1. The maximum atomic E-state index is 12.0. The molecule has 1 amide bonds. The third kappa shape index (κ3) is 3.66. The SMILES string of the molecule is CCn1cc([N+](=O)[O-])c(C(=O)NCCn2cc(Br)cn2)n1. The first kappa shape index (κ1) is 15.2. The Kier molecular flexibility index (Phi) is 4.68. The van der Waals surface area contributed by atoms with Crippen molar-refractivity contribution in [3.05, 3.63) is 38.9 Å². The van der Waals surface area contributed by atoms with E-state index >= 15 is 0 Å². The second-order valence-electron chi connectivity index (χ2n) is 4.15. The van der Waals surface area contributed by atoms with Crippen LogP contribution in [-0.2, 0) is 13.1 Å². The van der Waals surface area contributed by atoms with Gasteiger partial charge in [-0.25, -0.2) is 0 Å². The van der Waals surface area contributed by atoms with Crippen molar-refractivity contribution >= 4 is 27.5 Å². The number of halogens is 1. The number of aromatic nitrogens is 4. The average Bonchev–Trinajstić information content (AvgIpc) is 3.04. The van der Waals surface area contributed by atoms with Gasteiger partial charge in [0.25, 0.3) is 5.91 Å². The Bertz CT molecular complexity index is 665. The van der Waals surface area contributed by atoms with Crippen LogP contribution in [0.4, 0.5) is 5.69 Å². The van der Waals surface area contributed by atoms with Crippen LogP contribution in [0.1, 0.15) is 17.4 Å². The van der Waals surface area contributed by atoms with Gasteiger partial charge < -0.3 is 5.32 Å². The molecular weight excluding hydrogens is 344 g/mol. The number of rotatable bonds is 6. The molecule has 0 aromatic carbocycles. The molecule has 1 N–H and O–H groups in total. The zero-order chi connectivity index (χ0) is 15.4. The minimum absolute atomic E-state index is 0.177. The summed E-state index contributed by atoms with van der Waals surface area (Å²) in [6.07, 6.45) is 4.65. The van der Waals surface area contributed by atoms with E-state index in [-0.39, 0.29) is 11.4 Å². The molecule has 0 spiro atoms. The highest BCUT2D eigenvalue weighted by molar-refractivity contribution is 9.10. The van der Waals surface area contributed by atoms with E-state index < -0.39 is 10.8 Å². The Balaban J connectivity index is 1.99. The van der Waals surface area contributed by atoms with Gasteiger partial charge in [-0.2, -0.15) is 10.2 Å². The molecule has 0 radical (unpaired) electrons. The van der Waals surface area contributed by atoms with Crippen LogP contribution < -0.4 is 5.32 Å². The highest BCUT2D eigenvalue weighted by atomic mass is 79.9. The van der Waals surface area contributed by atoms with Gasteiger partial charge in [0, 0.05) is 19.3 Å². The molecule has 112 valence electrons. The van der Waals surface area contributed by atoms with Gasteiger partial charge >= 0.3 is 5.69 Å². The van der Waals surface area contributed by atoms with E-state index in [2.05, 4.69) is 31.4 Å². The fourth-order valence-electron chi connectivity index (χ4n) is 1.70. The summed E-state index contributed by atoms with van der Waals surface area (Å²) >= 11 is 3.27. The van der Waals surface area contributed by atoms with Crippen LogP contribution in [0.5, 0.6) is 0 Å². The van der Waals surface area contributed by atoms with Crippen LogP contribution in [0.15, 0.2) is 23.1 Å². The summed E-state index contributed by atoms with van der Waals surface area (Å²) in [5, 5.41) is 21.5. The first-order valence-corrected chi connectivity index (χ1v) is 6.98. The molecule has 2 rings (SSSR count). The van der Waals surface area contributed by atoms with Gasteiger partial charge in [-0.05, 0) is 22.9 Å². The van der Waals surface area contributed by atoms with E-state index in [0.29, 0.717) is 19.6 Å². The zero-order valence-corrected chi connectivity index (χ0v) is 12.8. The molecule has 0 atom stereocenters. The topological polar surface area (TPSA) is 108 Å². The molecule has 0 saturated carbocycles. The molecule has 2 heterocycles. The van der Waals surface area contributed by atoms with E-state index in [1.165, 1.54) is 10.9 Å². The summed E-state index contributed by atoms with van der Waals surface area (Å²) in [4.78, 5) is 22.3. The Labute approximate surface area is 128 Å². The van der Waals surface area contributed by atoms with Crippen LogP contribution in [-0.4, -0.2) is 36.9 Å². The van der Waals surface area contributed by atoms with Crippen molar-refractivity contribution in [1.29, 1.82) is 0 Å². The van der Waals surface area contributed by atoms with Gasteiger partial charge in [0.15, 0.2) is 0 Å². The number of aryl methyl sites for hydroxylation is 1. The Hall–Kier alpha value is -2.23. The largest absolute Gasteiger partial charge is 0.349 e. The van der Waals surface area contributed by atoms with Crippen molar-refractivity contribution < 1.29 is 9.72 Å². The molecule has 2 aromatic heterocycles. The van der Waals surface area contributed by atoms with Gasteiger partial charge in [-0.3, -0.25) is 24.3 Å². The molecule has 0 aliphatic carbocycles. The summed E-state index contributed by atoms with van der Waals surface area (Å²) < 4.78 is 3.84. The lowest BCUT2D eigenvalue weighted by molar-refractivity contribution is -0.385. The van der Waals surface area contributed by atoms with Crippen molar-refractivity contribution in [1.82, 2.24) is 24.9 Å². The predicted molar refractivity (Wildman–Crippen MR) is 76.8 cm³/mol. The van der Waals surface area contributed by atoms with E-state index in [1.54, 1.807) is 24.0 Å². The van der Waals surface area contributed by atoms with E-state index in [9.17, 15) is 14.9 Å². The average molecular weight is 357 g/mol. The normalized spacial score (nSPS) is 10.6. The predicted octanol–water partition coefficient (Wildman–Crippen LogP) is 1.20. The molecule has 9 nitrogen and oxygen atoms in total. The molecular formula is C11H13BrN6O3. The lowest BCUT2D eigenvalue weighted by Gasteiger charge is -2.03. The van der Waals surface area contributed by atoms with Crippen molar-refractivity contribution in [3.8, 4) is 0 Å². The van der Waals surface area contributed by atoms with Crippen LogP contribution in [0.25, 0.3) is 0 Å². The van der Waals surface area contributed by atoms with Gasteiger partial charge in [0.05, 0.1) is 22.1 Å².